The van der Waals surface area contributed by atoms with Crippen LogP contribution in [0.5, 0.6) is 0 Å². The first-order valence-electron chi connectivity index (χ1n) is 6.96. The van der Waals surface area contributed by atoms with E-state index in [2.05, 4.69) is 23.7 Å². The third-order valence-corrected chi connectivity index (χ3v) is 3.65. The number of nitrogens with zero attached hydrogens (tertiary/aromatic N) is 3. The van der Waals surface area contributed by atoms with Crippen molar-refractivity contribution in [2.45, 2.75) is 40.2 Å². The lowest BCUT2D eigenvalue weighted by Gasteiger charge is -2.24. The van der Waals surface area contributed by atoms with Gasteiger partial charge in [-0.2, -0.15) is 0 Å². The minimum absolute atomic E-state index is 0.0243. The molecule has 19 heavy (non-hydrogen) atoms. The molecule has 0 bridgehead atoms. The zero-order chi connectivity index (χ0) is 14.0. The van der Waals surface area contributed by atoms with Crippen LogP contribution in [0.3, 0.4) is 0 Å². The Morgan fingerprint density at radius 1 is 1.21 bits per heavy atom. The van der Waals surface area contributed by atoms with Gasteiger partial charge in [0.15, 0.2) is 5.89 Å². The van der Waals surface area contributed by atoms with Gasteiger partial charge >= 0.3 is 0 Å². The molecule has 0 spiro atoms. The second-order valence-electron chi connectivity index (χ2n) is 5.42. The van der Waals surface area contributed by atoms with Crippen molar-refractivity contribution in [3.05, 3.63) is 17.3 Å². The number of amides is 1. The fraction of sp³-hybridized carbons (Fsp3) is 0.714. The Morgan fingerprint density at radius 3 is 2.53 bits per heavy atom. The quantitative estimate of drug-likeness (QED) is 0.819. The molecule has 0 unspecified atom stereocenters. The van der Waals surface area contributed by atoms with Gasteiger partial charge in [0.1, 0.15) is 0 Å². The molecular weight excluding hydrogens is 242 g/mol. The van der Waals surface area contributed by atoms with Crippen LogP contribution in [0.4, 0.5) is 0 Å². The zero-order valence-corrected chi connectivity index (χ0v) is 12.3. The highest BCUT2D eigenvalue weighted by molar-refractivity contribution is 5.92. The van der Waals surface area contributed by atoms with Crippen LogP contribution in [0.1, 0.15) is 42.4 Å². The molecule has 5 nitrogen and oxygen atoms in total. The normalized spacial score (nSPS) is 17.8. The topological polar surface area (TPSA) is 49.6 Å². The van der Waals surface area contributed by atoms with E-state index in [4.69, 9.17) is 4.42 Å². The Labute approximate surface area is 114 Å². The van der Waals surface area contributed by atoms with Gasteiger partial charge in [0, 0.05) is 39.1 Å². The first-order chi connectivity index (χ1) is 8.99. The van der Waals surface area contributed by atoms with Crippen molar-refractivity contribution in [1.29, 1.82) is 0 Å². The molecule has 1 fully saturated rings. The monoisotopic (exact) mass is 265 g/mol. The first kappa shape index (κ1) is 14.1. The van der Waals surface area contributed by atoms with Gasteiger partial charge in [-0.05, 0) is 27.2 Å². The van der Waals surface area contributed by atoms with E-state index in [0.717, 1.165) is 32.6 Å². The van der Waals surface area contributed by atoms with Crippen LogP contribution in [0.2, 0.25) is 0 Å². The van der Waals surface area contributed by atoms with Gasteiger partial charge in [0.25, 0.3) is 5.91 Å². The summed E-state index contributed by atoms with van der Waals surface area (Å²) in [6.45, 7) is 11.5. The van der Waals surface area contributed by atoms with Crippen molar-refractivity contribution in [2.75, 3.05) is 26.2 Å². The highest BCUT2D eigenvalue weighted by Crippen LogP contribution is 2.15. The SMILES string of the molecule is Cc1nc(C)c(C(=O)N2CCCN(C(C)C)CC2)o1. The molecule has 1 aromatic rings. The van der Waals surface area contributed by atoms with Gasteiger partial charge in [-0.15, -0.1) is 0 Å². The summed E-state index contributed by atoms with van der Waals surface area (Å²) < 4.78 is 5.43. The molecule has 2 rings (SSSR count). The van der Waals surface area contributed by atoms with E-state index in [9.17, 15) is 4.79 Å². The Bertz CT molecular complexity index is 454. The van der Waals surface area contributed by atoms with Crippen LogP contribution in [0.25, 0.3) is 0 Å². The van der Waals surface area contributed by atoms with Gasteiger partial charge < -0.3 is 9.32 Å². The van der Waals surface area contributed by atoms with E-state index in [-0.39, 0.29) is 5.91 Å². The van der Waals surface area contributed by atoms with Crippen LogP contribution in [-0.4, -0.2) is 52.9 Å². The van der Waals surface area contributed by atoms with E-state index in [0.29, 0.717) is 23.4 Å². The first-order valence-corrected chi connectivity index (χ1v) is 6.96. The number of oxazole rings is 1. The van der Waals surface area contributed by atoms with Crippen molar-refractivity contribution in [3.63, 3.8) is 0 Å². The molecule has 0 aromatic carbocycles. The molecule has 0 radical (unpaired) electrons. The molecule has 0 N–H and O–H groups in total. The van der Waals surface area contributed by atoms with Crippen LogP contribution in [-0.2, 0) is 0 Å². The summed E-state index contributed by atoms with van der Waals surface area (Å²) in [6.07, 6.45) is 1.01. The summed E-state index contributed by atoms with van der Waals surface area (Å²) in [6, 6.07) is 0.532. The predicted octanol–water partition coefficient (Wildman–Crippen LogP) is 1.85. The summed E-state index contributed by atoms with van der Waals surface area (Å²) in [5.74, 6) is 0.929. The summed E-state index contributed by atoms with van der Waals surface area (Å²) in [5.41, 5.74) is 0.687. The minimum atomic E-state index is -0.0243. The van der Waals surface area contributed by atoms with Crippen LogP contribution >= 0.6 is 0 Å². The Balaban J connectivity index is 2.06. The number of aryl methyl sites for hydroxylation is 2. The molecule has 1 saturated heterocycles. The maximum Gasteiger partial charge on any atom is 0.291 e. The van der Waals surface area contributed by atoms with Gasteiger partial charge in [-0.3, -0.25) is 9.69 Å². The average molecular weight is 265 g/mol. The number of carbonyl (C=O) groups excluding carboxylic acids is 1. The standard InChI is InChI=1S/C14H23N3O2/c1-10(2)16-6-5-7-17(9-8-16)14(18)13-11(3)15-12(4)19-13/h10H,5-9H2,1-4H3. The van der Waals surface area contributed by atoms with Crippen molar-refractivity contribution in [3.8, 4) is 0 Å². The van der Waals surface area contributed by atoms with Gasteiger partial charge in [0.2, 0.25) is 5.76 Å². The van der Waals surface area contributed by atoms with Crippen LogP contribution in [0, 0.1) is 13.8 Å². The van der Waals surface area contributed by atoms with Crippen LogP contribution < -0.4 is 0 Å². The number of carbonyl (C=O) groups is 1. The van der Waals surface area contributed by atoms with E-state index in [1.54, 1.807) is 6.92 Å². The maximum absolute atomic E-state index is 12.4. The lowest BCUT2D eigenvalue weighted by molar-refractivity contribution is 0.0725. The maximum atomic E-state index is 12.4. The van der Waals surface area contributed by atoms with E-state index < -0.39 is 0 Å². The summed E-state index contributed by atoms with van der Waals surface area (Å²) in [7, 11) is 0. The van der Waals surface area contributed by atoms with Gasteiger partial charge in [0.05, 0.1) is 5.69 Å². The number of rotatable bonds is 2. The van der Waals surface area contributed by atoms with Crippen molar-refractivity contribution >= 4 is 5.91 Å². The second kappa shape index (κ2) is 5.74. The molecule has 1 aliphatic rings. The summed E-state index contributed by atoms with van der Waals surface area (Å²) in [4.78, 5) is 20.9. The molecular formula is C14H23N3O2. The predicted molar refractivity (Wildman–Crippen MR) is 73.2 cm³/mol. The highest BCUT2D eigenvalue weighted by atomic mass is 16.4. The van der Waals surface area contributed by atoms with Crippen molar-refractivity contribution in [2.24, 2.45) is 0 Å². The van der Waals surface area contributed by atoms with Gasteiger partial charge in [-0.1, -0.05) is 0 Å². The summed E-state index contributed by atoms with van der Waals surface area (Å²) >= 11 is 0. The number of hydrogen-bond donors (Lipinski definition) is 0. The third-order valence-electron chi connectivity index (χ3n) is 3.65. The molecule has 0 saturated carbocycles. The second-order valence-corrected chi connectivity index (χ2v) is 5.42. The molecule has 5 heteroatoms. The van der Waals surface area contributed by atoms with Crippen LogP contribution in [0.15, 0.2) is 4.42 Å². The lowest BCUT2D eigenvalue weighted by Crippen LogP contribution is -2.37. The van der Waals surface area contributed by atoms with E-state index in [1.165, 1.54) is 0 Å². The Morgan fingerprint density at radius 2 is 1.95 bits per heavy atom. The molecule has 2 heterocycles. The molecule has 0 atom stereocenters. The molecule has 0 aliphatic carbocycles. The largest absolute Gasteiger partial charge is 0.436 e. The third kappa shape index (κ3) is 3.15. The molecule has 1 aliphatic heterocycles. The number of hydrogen-bond acceptors (Lipinski definition) is 4. The fourth-order valence-corrected chi connectivity index (χ4v) is 2.53. The fourth-order valence-electron chi connectivity index (χ4n) is 2.53. The number of aromatic nitrogens is 1. The lowest BCUT2D eigenvalue weighted by atomic mass is 10.3. The van der Waals surface area contributed by atoms with E-state index >= 15 is 0 Å². The van der Waals surface area contributed by atoms with Crippen molar-refractivity contribution in [1.82, 2.24) is 14.8 Å². The molecule has 1 amide bonds. The molecule has 106 valence electrons. The zero-order valence-electron chi connectivity index (χ0n) is 12.3. The molecule has 1 aromatic heterocycles. The van der Waals surface area contributed by atoms with Gasteiger partial charge in [-0.25, -0.2) is 4.98 Å². The summed E-state index contributed by atoms with van der Waals surface area (Å²) in [5, 5.41) is 0. The van der Waals surface area contributed by atoms with E-state index in [1.807, 2.05) is 11.8 Å². The van der Waals surface area contributed by atoms with Crippen molar-refractivity contribution < 1.29 is 9.21 Å². The Hall–Kier alpha value is -1.36. The minimum Gasteiger partial charge on any atom is -0.436 e. The average Bonchev–Trinajstić information content (AvgIpc) is 2.57. The Kier molecular flexibility index (Phi) is 4.24. The highest BCUT2D eigenvalue weighted by Gasteiger charge is 2.25. The smallest absolute Gasteiger partial charge is 0.291 e.